The number of hydrogen-bond donors (Lipinski definition) is 0. The zero-order valence-electron chi connectivity index (χ0n) is 18.9. The Balaban J connectivity index is 0.000000453. The normalized spacial score (nSPS) is 13.8. The van der Waals surface area contributed by atoms with E-state index in [1.807, 2.05) is 55.4 Å². The second kappa shape index (κ2) is 10.1. The fourth-order valence-corrected chi connectivity index (χ4v) is 2.36. The van der Waals surface area contributed by atoms with E-state index in [0.29, 0.717) is 13.2 Å². The Labute approximate surface area is 171 Å². The summed E-state index contributed by atoms with van der Waals surface area (Å²) in [4.78, 5) is 24.0. The van der Waals surface area contributed by atoms with E-state index in [1.165, 1.54) is 17.5 Å². The summed E-state index contributed by atoms with van der Waals surface area (Å²) < 4.78 is 10.6. The summed E-state index contributed by atoms with van der Waals surface area (Å²) in [7, 11) is 0. The Kier molecular flexibility index (Phi) is 8.72. The van der Waals surface area contributed by atoms with Gasteiger partial charge >= 0.3 is 11.9 Å². The fraction of sp³-hybridized carbons (Fsp3) is 0.667. The summed E-state index contributed by atoms with van der Waals surface area (Å²) >= 11 is 0. The van der Waals surface area contributed by atoms with Crippen molar-refractivity contribution in [1.82, 2.24) is 0 Å². The standard InChI is InChI=1S/C17H32O4.C7H6/c1-12(2)13(15(19)21-11-17(6,7)8)9-14(18)20-10-16(3,4)5;1-2-4-7-5-6(7)3-1/h12-13H,9-11H2,1-8H3;1-4H,5H2. The minimum Gasteiger partial charge on any atom is -0.465 e. The maximum Gasteiger partial charge on any atom is 0.309 e. The van der Waals surface area contributed by atoms with Crippen LogP contribution in [0.3, 0.4) is 0 Å². The molecule has 1 aliphatic rings. The molecule has 1 atom stereocenters. The Morgan fingerprint density at radius 1 is 0.893 bits per heavy atom. The summed E-state index contributed by atoms with van der Waals surface area (Å²) in [5, 5.41) is 0. The van der Waals surface area contributed by atoms with Crippen molar-refractivity contribution in [2.75, 3.05) is 13.2 Å². The molecule has 0 aliphatic heterocycles. The van der Waals surface area contributed by atoms with Crippen LogP contribution < -0.4 is 0 Å². The average molecular weight is 391 g/mol. The number of fused-ring (bicyclic) bond motifs is 1. The molecule has 158 valence electrons. The highest BCUT2D eigenvalue weighted by Crippen LogP contribution is 2.25. The van der Waals surface area contributed by atoms with Gasteiger partial charge in [-0.1, -0.05) is 79.7 Å². The minimum atomic E-state index is -0.445. The highest BCUT2D eigenvalue weighted by Gasteiger charge is 2.29. The monoisotopic (exact) mass is 390 g/mol. The lowest BCUT2D eigenvalue weighted by Gasteiger charge is -2.23. The predicted molar refractivity (Wildman–Crippen MR) is 113 cm³/mol. The largest absolute Gasteiger partial charge is 0.465 e. The summed E-state index contributed by atoms with van der Waals surface area (Å²) in [5.74, 6) is -1.05. The second-order valence-electron chi connectivity index (χ2n) is 10.4. The molecule has 0 heterocycles. The van der Waals surface area contributed by atoms with Gasteiger partial charge in [0.15, 0.2) is 0 Å². The molecular formula is C24H38O4. The van der Waals surface area contributed by atoms with Gasteiger partial charge in [-0.3, -0.25) is 9.59 Å². The first-order valence-electron chi connectivity index (χ1n) is 10.2. The maximum absolute atomic E-state index is 12.1. The lowest BCUT2D eigenvalue weighted by molar-refractivity contribution is -0.159. The highest BCUT2D eigenvalue weighted by atomic mass is 16.5. The minimum absolute atomic E-state index is 0.0413. The number of ether oxygens (including phenoxy) is 2. The van der Waals surface area contributed by atoms with Gasteiger partial charge in [0.1, 0.15) is 0 Å². The smallest absolute Gasteiger partial charge is 0.309 e. The summed E-state index contributed by atoms with van der Waals surface area (Å²) in [5.41, 5.74) is 2.91. The van der Waals surface area contributed by atoms with Gasteiger partial charge < -0.3 is 9.47 Å². The van der Waals surface area contributed by atoms with Gasteiger partial charge in [-0.2, -0.15) is 0 Å². The molecule has 0 spiro atoms. The van der Waals surface area contributed by atoms with Crippen LogP contribution in [0.4, 0.5) is 0 Å². The molecule has 1 aliphatic carbocycles. The first-order chi connectivity index (χ1) is 12.8. The van der Waals surface area contributed by atoms with Crippen LogP contribution >= 0.6 is 0 Å². The van der Waals surface area contributed by atoms with Crippen LogP contribution in [0.1, 0.15) is 72.9 Å². The Morgan fingerprint density at radius 2 is 1.36 bits per heavy atom. The van der Waals surface area contributed by atoms with Crippen molar-refractivity contribution in [3.63, 3.8) is 0 Å². The Morgan fingerprint density at radius 3 is 1.75 bits per heavy atom. The SMILES string of the molecule is CC(C)C(CC(=O)OCC(C)(C)C)C(=O)OCC(C)(C)C.c1ccc2c(c1)C2. The molecule has 4 heteroatoms. The maximum atomic E-state index is 12.1. The fourth-order valence-electron chi connectivity index (χ4n) is 2.36. The van der Waals surface area contributed by atoms with E-state index in [0.717, 1.165) is 0 Å². The van der Waals surface area contributed by atoms with Crippen LogP contribution in [0.5, 0.6) is 0 Å². The topological polar surface area (TPSA) is 52.6 Å². The number of benzene rings is 1. The van der Waals surface area contributed by atoms with Crippen molar-refractivity contribution in [3.8, 4) is 0 Å². The lowest BCUT2D eigenvalue weighted by atomic mass is 9.92. The second-order valence-corrected chi connectivity index (χ2v) is 10.4. The van der Waals surface area contributed by atoms with E-state index in [1.54, 1.807) is 0 Å². The summed E-state index contributed by atoms with van der Waals surface area (Å²) in [6, 6.07) is 8.53. The van der Waals surface area contributed by atoms with Gasteiger partial charge in [0.25, 0.3) is 0 Å². The molecule has 0 bridgehead atoms. The zero-order valence-corrected chi connectivity index (χ0v) is 18.9. The van der Waals surface area contributed by atoms with Gasteiger partial charge in [-0.15, -0.1) is 0 Å². The van der Waals surface area contributed by atoms with E-state index in [-0.39, 0.29) is 35.1 Å². The number of carbonyl (C=O) groups is 2. The molecule has 0 saturated carbocycles. The summed E-state index contributed by atoms with van der Waals surface area (Å²) in [6.45, 7) is 16.5. The van der Waals surface area contributed by atoms with Gasteiger partial charge in [0.05, 0.1) is 25.6 Å². The molecule has 0 radical (unpaired) electrons. The molecule has 28 heavy (non-hydrogen) atoms. The first-order valence-corrected chi connectivity index (χ1v) is 10.2. The van der Waals surface area contributed by atoms with Gasteiger partial charge in [0.2, 0.25) is 0 Å². The molecule has 0 fully saturated rings. The first kappa shape index (κ1) is 24.2. The predicted octanol–water partition coefficient (Wildman–Crippen LogP) is 5.42. The third kappa shape index (κ3) is 10.5. The van der Waals surface area contributed by atoms with Crippen molar-refractivity contribution >= 4 is 11.9 Å². The molecule has 4 nitrogen and oxygen atoms in total. The van der Waals surface area contributed by atoms with Crippen LogP contribution in [0.2, 0.25) is 0 Å². The van der Waals surface area contributed by atoms with Crippen LogP contribution in [0.15, 0.2) is 24.3 Å². The number of carbonyl (C=O) groups excluding carboxylic acids is 2. The van der Waals surface area contributed by atoms with E-state index >= 15 is 0 Å². The number of hydrogen-bond acceptors (Lipinski definition) is 4. The van der Waals surface area contributed by atoms with Crippen LogP contribution in [0.25, 0.3) is 0 Å². The van der Waals surface area contributed by atoms with E-state index < -0.39 is 5.92 Å². The van der Waals surface area contributed by atoms with Crippen molar-refractivity contribution in [3.05, 3.63) is 35.4 Å². The quantitative estimate of drug-likeness (QED) is 0.618. The van der Waals surface area contributed by atoms with Crippen molar-refractivity contribution < 1.29 is 19.1 Å². The average Bonchev–Trinajstić information content (AvgIpc) is 3.34. The van der Waals surface area contributed by atoms with Gasteiger partial charge in [-0.25, -0.2) is 0 Å². The molecule has 0 N–H and O–H groups in total. The van der Waals surface area contributed by atoms with Crippen molar-refractivity contribution in [2.24, 2.45) is 22.7 Å². The van der Waals surface area contributed by atoms with Crippen LogP contribution in [0, 0.1) is 22.7 Å². The third-order valence-electron chi connectivity index (χ3n) is 4.18. The number of rotatable bonds is 6. The van der Waals surface area contributed by atoms with Crippen molar-refractivity contribution in [1.29, 1.82) is 0 Å². The molecule has 1 unspecified atom stereocenters. The molecule has 0 amide bonds. The Hall–Kier alpha value is -1.84. The summed E-state index contributed by atoms with van der Waals surface area (Å²) in [6.07, 6.45) is 1.32. The van der Waals surface area contributed by atoms with Crippen molar-refractivity contribution in [2.45, 2.75) is 68.2 Å². The Bertz CT molecular complexity index is 626. The third-order valence-corrected chi connectivity index (χ3v) is 4.18. The zero-order chi connectivity index (χ0) is 21.5. The number of esters is 2. The van der Waals surface area contributed by atoms with Crippen LogP contribution in [-0.2, 0) is 25.5 Å². The van der Waals surface area contributed by atoms with Gasteiger partial charge in [0, 0.05) is 0 Å². The van der Waals surface area contributed by atoms with Gasteiger partial charge in [-0.05, 0) is 34.3 Å². The molecule has 1 aromatic carbocycles. The molecule has 2 rings (SSSR count). The molecule has 1 aromatic rings. The molecule has 0 saturated heterocycles. The lowest BCUT2D eigenvalue weighted by Crippen LogP contribution is -2.30. The van der Waals surface area contributed by atoms with Crippen LogP contribution in [-0.4, -0.2) is 25.2 Å². The van der Waals surface area contributed by atoms with E-state index in [2.05, 4.69) is 24.3 Å². The molecular weight excluding hydrogens is 352 g/mol. The molecule has 0 aromatic heterocycles. The van der Waals surface area contributed by atoms with E-state index in [4.69, 9.17) is 9.47 Å². The van der Waals surface area contributed by atoms with E-state index in [9.17, 15) is 9.59 Å². The highest BCUT2D eigenvalue weighted by molar-refractivity contribution is 5.80.